The Hall–Kier alpha value is -0.480. The second-order valence-electron chi connectivity index (χ2n) is 9.24. The minimum absolute atomic E-state index is 0. The van der Waals surface area contributed by atoms with Gasteiger partial charge < -0.3 is 61.0 Å². The molecule has 0 saturated carbocycles. The zero-order chi connectivity index (χ0) is 33.2. The normalized spacial score (nSPS) is 11.2. The van der Waals surface area contributed by atoms with Gasteiger partial charge in [0.25, 0.3) is 0 Å². The summed E-state index contributed by atoms with van der Waals surface area (Å²) in [5.74, 6) is 0. The maximum absolute atomic E-state index is 8.29. The molecule has 0 aliphatic heterocycles. The highest BCUT2D eigenvalue weighted by Crippen LogP contribution is 1.97. The van der Waals surface area contributed by atoms with Crippen molar-refractivity contribution in [3.8, 4) is 0 Å². The zero-order valence-corrected chi connectivity index (χ0v) is 25.7. The van der Waals surface area contributed by atoms with Crippen LogP contribution in [0.2, 0.25) is 0 Å². The molecule has 0 amide bonds. The summed E-state index contributed by atoms with van der Waals surface area (Å²) in [5, 5.41) is 8.29. The number of hydrogen-bond acceptors (Lipinski definition) is 11. The van der Waals surface area contributed by atoms with Gasteiger partial charge in [-0.2, -0.15) is 0 Å². The van der Waals surface area contributed by atoms with Crippen LogP contribution in [0.15, 0.2) is 0 Å². The van der Waals surface area contributed by atoms with Crippen LogP contribution in [0.1, 0.15) is 29.6 Å². The fourth-order valence-corrected chi connectivity index (χ4v) is 2.13. The van der Waals surface area contributed by atoms with E-state index in [1.165, 1.54) is 6.42 Å². The average molecular weight is 569 g/mol. The molecule has 0 unspecified atom stereocenters. The number of unbranched alkanes of at least 4 members (excludes halogenated alkanes) is 2. The van der Waals surface area contributed by atoms with Crippen molar-refractivity contribution in [2.24, 2.45) is 5.73 Å². The van der Waals surface area contributed by atoms with Crippen molar-refractivity contribution >= 4 is 0 Å². The number of nitrogens with two attached hydrogens (primary N) is 1. The number of ether oxygens (including phenoxy) is 4. The maximum Gasteiger partial charge on any atom is 0.0698 e. The molecule has 0 spiro atoms. The van der Waals surface area contributed by atoms with Crippen LogP contribution in [0.25, 0.3) is 0 Å². The number of hydrogen-bond donors (Lipinski definition) is 3. The molecular weight excluding hydrogens is 480 g/mol. The second kappa shape index (κ2) is 40.0. The lowest BCUT2D eigenvalue weighted by Crippen LogP contribution is -2.19. The third kappa shape index (κ3) is 61.3. The van der Waals surface area contributed by atoms with Gasteiger partial charge >= 0.3 is 0 Å². The number of likely N-dealkylation sites (N-methyl/N-ethyl adjacent to an activating group) is 4. The summed E-state index contributed by atoms with van der Waals surface area (Å²) >= 11 is 0. The molecule has 0 fully saturated rings. The SMILES string of the molecule is CN(C)CCOCCCCCOCCN(C)C.CN(C)CCOCCN.CN(C)CCOCCO.N.O.[3HH].[3H][3H].[3H][3H].[3H][3H]. The third-order valence-corrected chi connectivity index (χ3v) is 4.31. The lowest BCUT2D eigenvalue weighted by Gasteiger charge is -2.10. The van der Waals surface area contributed by atoms with Gasteiger partial charge in [0.1, 0.15) is 0 Å². The van der Waals surface area contributed by atoms with Gasteiger partial charge in [0, 0.05) is 56.3 Å². The van der Waals surface area contributed by atoms with Crippen LogP contribution in [-0.4, -0.2) is 179 Å². The lowest BCUT2D eigenvalue weighted by molar-refractivity contribution is 0.0821. The van der Waals surface area contributed by atoms with Gasteiger partial charge in [0.05, 0.1) is 46.2 Å². The van der Waals surface area contributed by atoms with Gasteiger partial charge in [-0.1, -0.05) is 0 Å². The highest BCUT2D eigenvalue weighted by Gasteiger charge is 1.94. The molecule has 0 aliphatic rings. The Balaban J connectivity index is -0.0000000561. The predicted octanol–water partition coefficient (Wildman–Crippen LogP) is 0.715. The standard InChI is InChI=1S/C13H30N2O2.C6H16N2O.C6H15NO2.H3N.H2O.4H2/c1-14(2)8-12-16-10-6-5-7-11-17-13-9-15(3)4;1-8(2)4-6-9-5-3-7;1-7(2)3-5-9-6-4-8;;;;;;/h5-13H2,1-4H3;3-7H2,1-2H3;8H,3-6H2,1-2H3;1H3;1H2;4*1H/i;;;;;3*1+2T;1+2. The molecule has 0 saturated heterocycles. The molecule has 0 aromatic rings. The predicted molar refractivity (Wildman–Crippen MR) is 165 cm³/mol. The molecule has 0 bridgehead atoms. The summed E-state index contributed by atoms with van der Waals surface area (Å²) in [7, 11) is 16.3. The van der Waals surface area contributed by atoms with Gasteiger partial charge in [-0.25, -0.2) is 0 Å². The van der Waals surface area contributed by atoms with Gasteiger partial charge in [-0.05, 0) is 75.6 Å². The Morgan fingerprint density at radius 3 is 1.11 bits per heavy atom. The Morgan fingerprint density at radius 2 is 0.838 bits per heavy atom. The van der Waals surface area contributed by atoms with Crippen molar-refractivity contribution in [1.82, 2.24) is 25.8 Å². The fraction of sp³-hybridized carbons (Fsp3) is 1.00. The van der Waals surface area contributed by atoms with Crippen molar-refractivity contribution in [2.75, 3.05) is 149 Å². The van der Waals surface area contributed by atoms with Crippen molar-refractivity contribution in [2.45, 2.75) is 19.3 Å². The van der Waals surface area contributed by atoms with Crippen molar-refractivity contribution in [3.05, 3.63) is 0 Å². The molecule has 240 valence electrons. The quantitative estimate of drug-likeness (QED) is 0.158. The van der Waals surface area contributed by atoms with Crippen LogP contribution in [0, 0.1) is 0 Å². The highest BCUT2D eigenvalue weighted by molar-refractivity contribution is 4.45. The number of rotatable bonds is 22. The van der Waals surface area contributed by atoms with Gasteiger partial charge in [0.2, 0.25) is 0 Å². The van der Waals surface area contributed by atoms with Gasteiger partial charge in [0.15, 0.2) is 0 Å². The molecule has 0 aromatic carbocycles. The molecule has 0 aromatic heterocycles. The first kappa shape index (κ1) is 38.7. The van der Waals surface area contributed by atoms with E-state index in [2.05, 4.69) is 42.9 Å². The molecule has 0 radical (unpaired) electrons. The van der Waals surface area contributed by atoms with Gasteiger partial charge in [-0.15, -0.1) is 0 Å². The van der Waals surface area contributed by atoms with E-state index in [1.807, 2.05) is 33.1 Å². The van der Waals surface area contributed by atoms with Crippen LogP contribution in [0.4, 0.5) is 0 Å². The Bertz CT molecular complexity index is 366. The van der Waals surface area contributed by atoms with E-state index in [4.69, 9.17) is 38.7 Å². The van der Waals surface area contributed by atoms with Crippen LogP contribution in [0.3, 0.4) is 0 Å². The smallest absolute Gasteiger partial charge is 0.0698 e. The topological polar surface area (TPSA) is 163 Å². The number of nitrogens with zero attached hydrogens (tertiary/aromatic N) is 4. The molecular formula is C25H74N6O6. The summed E-state index contributed by atoms with van der Waals surface area (Å²) in [6.07, 6.45) is 3.48. The molecule has 0 aliphatic carbocycles. The van der Waals surface area contributed by atoms with E-state index >= 15 is 0 Å². The van der Waals surface area contributed by atoms with E-state index in [9.17, 15) is 0 Å². The summed E-state index contributed by atoms with van der Waals surface area (Å²) in [5.41, 5.74) is 5.21. The van der Waals surface area contributed by atoms with E-state index in [0.29, 0.717) is 26.4 Å². The highest BCUT2D eigenvalue weighted by atomic mass is 16.5. The van der Waals surface area contributed by atoms with E-state index in [0.717, 1.165) is 72.1 Å². The third-order valence-electron chi connectivity index (χ3n) is 4.31. The molecule has 0 heterocycles. The van der Waals surface area contributed by atoms with E-state index < -0.39 is 0 Å². The van der Waals surface area contributed by atoms with Crippen LogP contribution in [-0.2, 0) is 18.9 Å². The summed E-state index contributed by atoms with van der Waals surface area (Å²) in [6.45, 7) is 10.7. The molecule has 37 heavy (non-hydrogen) atoms. The zero-order valence-electron chi connectivity index (χ0n) is 31.7. The minimum Gasteiger partial charge on any atom is -0.412 e. The lowest BCUT2D eigenvalue weighted by atomic mass is 10.2. The first-order valence-electron chi connectivity index (χ1n) is 15.9. The van der Waals surface area contributed by atoms with E-state index in [1.54, 1.807) is 0 Å². The fourth-order valence-electron chi connectivity index (χ4n) is 2.13. The number of aliphatic hydroxyl groups excluding tert-OH is 1. The first-order valence-corrected chi connectivity index (χ1v) is 12.9. The summed E-state index contributed by atoms with van der Waals surface area (Å²) in [6, 6.07) is 0. The molecule has 12 nitrogen and oxygen atoms in total. The minimum atomic E-state index is 0. The maximum atomic E-state index is 8.29. The Kier molecular flexibility index (Phi) is 41.8. The van der Waals surface area contributed by atoms with Crippen LogP contribution >= 0.6 is 0 Å². The largest absolute Gasteiger partial charge is 0.412 e. The second-order valence-corrected chi connectivity index (χ2v) is 9.24. The molecule has 0 atom stereocenters. The van der Waals surface area contributed by atoms with Gasteiger partial charge in [-0.3, -0.25) is 0 Å². The first-order chi connectivity index (χ1) is 19.7. The van der Waals surface area contributed by atoms with Crippen molar-refractivity contribution in [3.63, 3.8) is 0 Å². The van der Waals surface area contributed by atoms with Crippen LogP contribution in [0.5, 0.6) is 0 Å². The van der Waals surface area contributed by atoms with Crippen LogP contribution < -0.4 is 11.9 Å². The van der Waals surface area contributed by atoms with Crippen molar-refractivity contribution in [1.29, 1.82) is 0 Å². The Labute approximate surface area is 239 Å². The average Bonchev–Trinajstić information content (AvgIpc) is 2.95. The molecule has 12 heteroatoms. The molecule has 8 N–H and O–H groups in total. The molecule has 0 rings (SSSR count). The van der Waals surface area contributed by atoms with Crippen molar-refractivity contribution < 1.29 is 39.9 Å². The Morgan fingerprint density at radius 1 is 0.541 bits per heavy atom. The van der Waals surface area contributed by atoms with E-state index in [-0.39, 0.29) is 19.7 Å². The summed E-state index contributed by atoms with van der Waals surface area (Å²) in [4.78, 5) is 8.39. The number of aliphatic hydroxyl groups is 1. The monoisotopic (exact) mass is 569 g/mol. The summed E-state index contributed by atoms with van der Waals surface area (Å²) < 4.78 is 51.2.